The molecule has 0 bridgehead atoms. The number of nitrogens with zero attached hydrogens (tertiary/aromatic N) is 1. The Bertz CT molecular complexity index is 1110. The van der Waals surface area contributed by atoms with Crippen LogP contribution in [-0.4, -0.2) is 31.2 Å². The van der Waals surface area contributed by atoms with E-state index in [0.717, 1.165) is 17.7 Å². The van der Waals surface area contributed by atoms with E-state index in [2.05, 4.69) is 17.4 Å². The third-order valence-electron chi connectivity index (χ3n) is 5.74. The molecule has 3 aromatic rings. The molecule has 3 aromatic carbocycles. The first-order chi connectivity index (χ1) is 15.5. The zero-order valence-corrected chi connectivity index (χ0v) is 17.9. The van der Waals surface area contributed by atoms with E-state index in [9.17, 15) is 13.6 Å². The molecule has 166 valence electrons. The van der Waals surface area contributed by atoms with Gasteiger partial charge in [0.1, 0.15) is 23.1 Å². The zero-order valence-electron chi connectivity index (χ0n) is 17.9. The Kier molecular flexibility index (Phi) is 6.25. The molecule has 5 nitrogen and oxygen atoms in total. The fraction of sp³-hybridized carbons (Fsp3) is 0.240. The van der Waals surface area contributed by atoms with Crippen molar-refractivity contribution in [2.75, 3.05) is 19.5 Å². The number of urea groups is 1. The van der Waals surface area contributed by atoms with Crippen LogP contribution in [0.1, 0.15) is 16.7 Å². The van der Waals surface area contributed by atoms with Crippen molar-refractivity contribution in [3.8, 4) is 11.5 Å². The third-order valence-corrected chi connectivity index (χ3v) is 5.74. The molecule has 0 radical (unpaired) electrons. The summed E-state index contributed by atoms with van der Waals surface area (Å²) in [5.74, 6) is -0.296. The lowest BCUT2D eigenvalue weighted by Crippen LogP contribution is -2.43. The van der Waals surface area contributed by atoms with Crippen LogP contribution < -0.4 is 14.8 Å². The first-order valence-electron chi connectivity index (χ1n) is 10.3. The van der Waals surface area contributed by atoms with Crippen molar-refractivity contribution in [1.29, 1.82) is 0 Å². The Morgan fingerprint density at radius 2 is 1.72 bits per heavy atom. The molecule has 0 spiro atoms. The van der Waals surface area contributed by atoms with Gasteiger partial charge in [0.2, 0.25) is 0 Å². The van der Waals surface area contributed by atoms with Crippen molar-refractivity contribution in [3.63, 3.8) is 0 Å². The summed E-state index contributed by atoms with van der Waals surface area (Å²) in [6, 6.07) is 16.0. The number of hydrogen-bond donors (Lipinski definition) is 1. The minimum Gasteiger partial charge on any atom is -0.497 e. The smallest absolute Gasteiger partial charge is 0.322 e. The SMILES string of the molecule is COc1ccc(CN(C(=O)Nc2ccc(F)cc2F)C2Cc3ccccc3C2)c(OC)c1. The number of anilines is 1. The summed E-state index contributed by atoms with van der Waals surface area (Å²) < 4.78 is 38.2. The highest BCUT2D eigenvalue weighted by molar-refractivity contribution is 5.89. The Labute approximate surface area is 185 Å². The molecule has 0 saturated carbocycles. The second-order valence-electron chi connectivity index (χ2n) is 7.69. The number of nitrogens with one attached hydrogen (secondary N) is 1. The van der Waals surface area contributed by atoms with E-state index in [1.54, 1.807) is 31.3 Å². The summed E-state index contributed by atoms with van der Waals surface area (Å²) in [6.45, 7) is 0.250. The molecule has 0 heterocycles. The molecule has 1 aliphatic carbocycles. The standard InChI is InChI=1S/C25H24F2N2O3/c1-31-21-9-7-18(24(14-21)32-2)15-29(20-11-16-5-3-4-6-17(16)12-20)25(30)28-23-10-8-19(26)13-22(23)27/h3-10,13-14,20H,11-12,15H2,1-2H3,(H,28,30). The van der Waals surface area contributed by atoms with E-state index in [0.29, 0.717) is 24.3 Å². The van der Waals surface area contributed by atoms with Crippen LogP contribution in [0.2, 0.25) is 0 Å². The number of carbonyl (C=O) groups is 1. The molecule has 0 aromatic heterocycles. The largest absolute Gasteiger partial charge is 0.497 e. The van der Waals surface area contributed by atoms with Gasteiger partial charge in [-0.05, 0) is 48.2 Å². The molecule has 7 heteroatoms. The summed E-state index contributed by atoms with van der Waals surface area (Å²) >= 11 is 0. The number of rotatable bonds is 6. The third kappa shape index (κ3) is 4.51. The van der Waals surface area contributed by atoms with E-state index in [4.69, 9.17) is 9.47 Å². The maximum absolute atomic E-state index is 14.2. The van der Waals surface area contributed by atoms with Gasteiger partial charge >= 0.3 is 6.03 Å². The molecule has 1 N–H and O–H groups in total. The van der Waals surface area contributed by atoms with E-state index in [-0.39, 0.29) is 18.3 Å². The Balaban J connectivity index is 1.63. The lowest BCUT2D eigenvalue weighted by Gasteiger charge is -2.30. The molecule has 4 rings (SSSR count). The van der Waals surface area contributed by atoms with Gasteiger partial charge in [0.15, 0.2) is 0 Å². The molecule has 2 amide bonds. The van der Waals surface area contributed by atoms with Crippen molar-refractivity contribution >= 4 is 11.7 Å². The second-order valence-corrected chi connectivity index (χ2v) is 7.69. The van der Waals surface area contributed by atoms with Gasteiger partial charge in [-0.1, -0.05) is 24.3 Å². The van der Waals surface area contributed by atoms with Gasteiger partial charge in [-0.3, -0.25) is 0 Å². The van der Waals surface area contributed by atoms with Crippen LogP contribution in [0.25, 0.3) is 0 Å². The number of hydrogen-bond acceptors (Lipinski definition) is 3. The molecule has 1 aliphatic rings. The van der Waals surface area contributed by atoms with Gasteiger partial charge in [-0.15, -0.1) is 0 Å². The van der Waals surface area contributed by atoms with E-state index in [1.807, 2.05) is 18.2 Å². The molecule has 0 fully saturated rings. The highest BCUT2D eigenvalue weighted by Gasteiger charge is 2.31. The Morgan fingerprint density at radius 3 is 2.34 bits per heavy atom. The number of benzene rings is 3. The van der Waals surface area contributed by atoms with Crippen LogP contribution in [0.3, 0.4) is 0 Å². The maximum atomic E-state index is 14.2. The van der Waals surface area contributed by atoms with Crippen LogP contribution >= 0.6 is 0 Å². The lowest BCUT2D eigenvalue weighted by molar-refractivity contribution is 0.185. The first-order valence-corrected chi connectivity index (χ1v) is 10.3. The number of fused-ring (bicyclic) bond motifs is 1. The van der Waals surface area contributed by atoms with Crippen molar-refractivity contribution in [2.45, 2.75) is 25.4 Å². The minimum atomic E-state index is -0.824. The van der Waals surface area contributed by atoms with E-state index >= 15 is 0 Å². The fourth-order valence-corrected chi connectivity index (χ4v) is 4.07. The van der Waals surface area contributed by atoms with Crippen molar-refractivity contribution in [2.24, 2.45) is 0 Å². The molecule has 0 atom stereocenters. The molecular weight excluding hydrogens is 414 g/mol. The highest BCUT2D eigenvalue weighted by Crippen LogP contribution is 2.31. The van der Waals surface area contributed by atoms with Crippen molar-refractivity contribution in [3.05, 3.63) is 89.0 Å². The van der Waals surface area contributed by atoms with Crippen molar-refractivity contribution < 1.29 is 23.0 Å². The quantitative estimate of drug-likeness (QED) is 0.577. The summed E-state index contributed by atoms with van der Waals surface area (Å²) in [5.41, 5.74) is 3.09. The van der Waals surface area contributed by atoms with Crippen LogP contribution in [0, 0.1) is 11.6 Å². The summed E-state index contributed by atoms with van der Waals surface area (Å²) in [4.78, 5) is 15.0. The summed E-state index contributed by atoms with van der Waals surface area (Å²) in [5, 5.41) is 2.60. The van der Waals surface area contributed by atoms with Gasteiger partial charge in [0.25, 0.3) is 0 Å². The predicted octanol–water partition coefficient (Wildman–Crippen LogP) is 5.18. The van der Waals surface area contributed by atoms with Crippen LogP contribution in [-0.2, 0) is 19.4 Å². The number of carbonyl (C=O) groups excluding carboxylic acids is 1. The molecular formula is C25H24F2N2O3. The maximum Gasteiger partial charge on any atom is 0.322 e. The summed E-state index contributed by atoms with van der Waals surface area (Å²) in [7, 11) is 3.13. The van der Waals surface area contributed by atoms with Crippen LogP contribution in [0.15, 0.2) is 60.7 Å². The van der Waals surface area contributed by atoms with Gasteiger partial charge in [-0.2, -0.15) is 0 Å². The Hall–Kier alpha value is -3.61. The number of ether oxygens (including phenoxy) is 2. The highest BCUT2D eigenvalue weighted by atomic mass is 19.1. The fourth-order valence-electron chi connectivity index (χ4n) is 4.07. The molecule has 0 aliphatic heterocycles. The van der Waals surface area contributed by atoms with Gasteiger partial charge < -0.3 is 19.7 Å². The van der Waals surface area contributed by atoms with Gasteiger partial charge in [0, 0.05) is 23.7 Å². The number of methoxy groups -OCH3 is 2. The first kappa shape index (κ1) is 21.6. The lowest BCUT2D eigenvalue weighted by atomic mass is 10.1. The van der Waals surface area contributed by atoms with Gasteiger partial charge in [0.05, 0.1) is 26.5 Å². The second kappa shape index (κ2) is 9.26. The van der Waals surface area contributed by atoms with Gasteiger partial charge in [-0.25, -0.2) is 13.6 Å². The summed E-state index contributed by atoms with van der Waals surface area (Å²) in [6.07, 6.45) is 1.38. The number of halogens is 2. The average molecular weight is 438 g/mol. The number of amides is 2. The van der Waals surface area contributed by atoms with E-state index in [1.165, 1.54) is 17.2 Å². The molecule has 0 unspecified atom stereocenters. The zero-order chi connectivity index (χ0) is 22.7. The average Bonchev–Trinajstić information content (AvgIpc) is 3.23. The van der Waals surface area contributed by atoms with E-state index < -0.39 is 17.7 Å². The van der Waals surface area contributed by atoms with Crippen LogP contribution in [0.5, 0.6) is 11.5 Å². The minimum absolute atomic E-state index is 0.0707. The molecule has 32 heavy (non-hydrogen) atoms. The van der Waals surface area contributed by atoms with Crippen molar-refractivity contribution in [1.82, 2.24) is 4.90 Å². The molecule has 0 saturated heterocycles. The predicted molar refractivity (Wildman–Crippen MR) is 118 cm³/mol. The van der Waals surface area contributed by atoms with Crippen LogP contribution in [0.4, 0.5) is 19.3 Å². The Morgan fingerprint density at radius 1 is 1.00 bits per heavy atom. The normalized spacial score (nSPS) is 12.9. The topological polar surface area (TPSA) is 50.8 Å². The monoisotopic (exact) mass is 438 g/mol.